The molecular formula is C10H17NO. The molecule has 0 N–H and O–H groups in total. The lowest BCUT2D eigenvalue weighted by atomic mass is 9.82. The van der Waals surface area contributed by atoms with Crippen molar-refractivity contribution >= 4 is 0 Å². The van der Waals surface area contributed by atoms with Crippen LogP contribution >= 0.6 is 0 Å². The Morgan fingerprint density at radius 3 is 2.92 bits per heavy atom. The van der Waals surface area contributed by atoms with Gasteiger partial charge in [-0.3, -0.25) is 4.90 Å². The minimum absolute atomic E-state index is 0.314. The maximum Gasteiger partial charge on any atom is 0.0657 e. The highest BCUT2D eigenvalue weighted by atomic mass is 16.5. The summed E-state index contributed by atoms with van der Waals surface area (Å²) < 4.78 is 5.54. The van der Waals surface area contributed by atoms with Crippen molar-refractivity contribution in [1.82, 2.24) is 4.90 Å². The molecule has 2 heterocycles. The van der Waals surface area contributed by atoms with E-state index in [0.29, 0.717) is 11.5 Å². The molecule has 0 unspecified atom stereocenters. The largest absolute Gasteiger partial charge is 0.379 e. The summed E-state index contributed by atoms with van der Waals surface area (Å²) in [7, 11) is 2.20. The van der Waals surface area contributed by atoms with E-state index in [-0.39, 0.29) is 0 Å². The molecule has 12 heavy (non-hydrogen) atoms. The molecule has 68 valence electrons. The van der Waals surface area contributed by atoms with Gasteiger partial charge in [-0.2, -0.15) is 0 Å². The SMILES string of the molecule is C[C@H]1COC[C@]12CC=CCN2C. The van der Waals surface area contributed by atoms with Gasteiger partial charge in [0.25, 0.3) is 0 Å². The molecule has 0 aromatic carbocycles. The van der Waals surface area contributed by atoms with Crippen molar-refractivity contribution in [1.29, 1.82) is 0 Å². The quantitative estimate of drug-likeness (QED) is 0.504. The number of hydrogen-bond donors (Lipinski definition) is 0. The molecular weight excluding hydrogens is 150 g/mol. The maximum atomic E-state index is 5.54. The van der Waals surface area contributed by atoms with Gasteiger partial charge in [0.05, 0.1) is 18.8 Å². The van der Waals surface area contributed by atoms with Gasteiger partial charge in [-0.15, -0.1) is 0 Å². The van der Waals surface area contributed by atoms with Crippen molar-refractivity contribution in [2.75, 3.05) is 26.8 Å². The lowest BCUT2D eigenvalue weighted by molar-refractivity contribution is 0.0791. The molecule has 2 atom stereocenters. The summed E-state index contributed by atoms with van der Waals surface area (Å²) in [5.41, 5.74) is 0.314. The number of ether oxygens (including phenoxy) is 1. The van der Waals surface area contributed by atoms with Crippen LogP contribution in [0.2, 0.25) is 0 Å². The average Bonchev–Trinajstić information content (AvgIpc) is 2.41. The van der Waals surface area contributed by atoms with Crippen LogP contribution in [0.15, 0.2) is 12.2 Å². The first-order valence-corrected chi connectivity index (χ1v) is 4.70. The summed E-state index contributed by atoms with van der Waals surface area (Å²) in [6.07, 6.45) is 5.70. The van der Waals surface area contributed by atoms with Gasteiger partial charge in [-0.05, 0) is 13.5 Å². The molecule has 1 spiro atoms. The fourth-order valence-corrected chi connectivity index (χ4v) is 2.31. The fourth-order valence-electron chi connectivity index (χ4n) is 2.31. The third-order valence-electron chi connectivity index (χ3n) is 3.41. The lowest BCUT2D eigenvalue weighted by Crippen LogP contribution is -2.52. The standard InChI is InChI=1S/C10H17NO/c1-9-7-12-8-10(9)5-3-4-6-11(10)2/h3-4,9H,5-8H2,1-2H3/t9-,10+/m0/s1. The Labute approximate surface area is 74.2 Å². The second-order valence-corrected chi connectivity index (χ2v) is 4.08. The Morgan fingerprint density at radius 1 is 1.50 bits per heavy atom. The molecule has 1 fully saturated rings. The predicted molar refractivity (Wildman–Crippen MR) is 49.1 cm³/mol. The zero-order chi connectivity index (χ0) is 8.60. The van der Waals surface area contributed by atoms with E-state index in [1.807, 2.05) is 0 Å². The highest BCUT2D eigenvalue weighted by Crippen LogP contribution is 2.35. The Hall–Kier alpha value is -0.340. The third-order valence-corrected chi connectivity index (χ3v) is 3.41. The van der Waals surface area contributed by atoms with Crippen molar-refractivity contribution in [2.45, 2.75) is 18.9 Å². The van der Waals surface area contributed by atoms with Gasteiger partial charge in [0.1, 0.15) is 0 Å². The van der Waals surface area contributed by atoms with Crippen LogP contribution < -0.4 is 0 Å². The van der Waals surface area contributed by atoms with Crippen LogP contribution in [0.25, 0.3) is 0 Å². The minimum atomic E-state index is 0.314. The second-order valence-electron chi connectivity index (χ2n) is 4.08. The smallest absolute Gasteiger partial charge is 0.0657 e. The van der Waals surface area contributed by atoms with Crippen LogP contribution in [-0.2, 0) is 4.74 Å². The number of hydrogen-bond acceptors (Lipinski definition) is 2. The average molecular weight is 167 g/mol. The van der Waals surface area contributed by atoms with Gasteiger partial charge in [-0.25, -0.2) is 0 Å². The molecule has 2 nitrogen and oxygen atoms in total. The van der Waals surface area contributed by atoms with E-state index in [2.05, 4.69) is 31.0 Å². The van der Waals surface area contributed by atoms with E-state index in [1.165, 1.54) is 0 Å². The Kier molecular flexibility index (Phi) is 1.97. The molecule has 2 heteroatoms. The van der Waals surface area contributed by atoms with Gasteiger partial charge < -0.3 is 4.74 Å². The Morgan fingerprint density at radius 2 is 2.33 bits per heavy atom. The van der Waals surface area contributed by atoms with Crippen molar-refractivity contribution in [2.24, 2.45) is 5.92 Å². The van der Waals surface area contributed by atoms with E-state index < -0.39 is 0 Å². The van der Waals surface area contributed by atoms with E-state index in [1.54, 1.807) is 0 Å². The molecule has 0 aliphatic carbocycles. The van der Waals surface area contributed by atoms with Crippen molar-refractivity contribution in [3.05, 3.63) is 12.2 Å². The van der Waals surface area contributed by atoms with Gasteiger partial charge in [-0.1, -0.05) is 19.1 Å². The van der Waals surface area contributed by atoms with Gasteiger partial charge >= 0.3 is 0 Å². The summed E-state index contributed by atoms with van der Waals surface area (Å²) in [5.74, 6) is 0.674. The summed E-state index contributed by atoms with van der Waals surface area (Å²) in [5, 5.41) is 0. The van der Waals surface area contributed by atoms with Crippen LogP contribution in [0, 0.1) is 5.92 Å². The summed E-state index contributed by atoms with van der Waals surface area (Å²) >= 11 is 0. The van der Waals surface area contributed by atoms with Crippen LogP contribution in [0.1, 0.15) is 13.3 Å². The maximum absolute atomic E-state index is 5.54. The highest BCUT2D eigenvalue weighted by molar-refractivity contribution is 5.08. The van der Waals surface area contributed by atoms with E-state index >= 15 is 0 Å². The van der Waals surface area contributed by atoms with Crippen LogP contribution in [0.4, 0.5) is 0 Å². The number of nitrogens with zero attached hydrogens (tertiary/aromatic N) is 1. The topological polar surface area (TPSA) is 12.5 Å². The number of rotatable bonds is 0. The molecule has 2 rings (SSSR count). The van der Waals surface area contributed by atoms with Crippen LogP contribution in [0.5, 0.6) is 0 Å². The first-order chi connectivity index (χ1) is 5.76. The molecule has 0 amide bonds. The first kappa shape index (κ1) is 8.27. The van der Waals surface area contributed by atoms with E-state index in [0.717, 1.165) is 26.2 Å². The molecule has 0 aromatic rings. The monoisotopic (exact) mass is 167 g/mol. The normalized spacial score (nSPS) is 42.7. The molecule has 2 aliphatic rings. The second kappa shape index (κ2) is 2.86. The highest BCUT2D eigenvalue weighted by Gasteiger charge is 2.44. The van der Waals surface area contributed by atoms with Gasteiger partial charge in [0.2, 0.25) is 0 Å². The minimum Gasteiger partial charge on any atom is -0.379 e. The summed E-state index contributed by atoms with van der Waals surface area (Å²) in [6, 6.07) is 0. The summed E-state index contributed by atoms with van der Waals surface area (Å²) in [6.45, 7) is 5.21. The molecule has 2 aliphatic heterocycles. The summed E-state index contributed by atoms with van der Waals surface area (Å²) in [4.78, 5) is 2.44. The van der Waals surface area contributed by atoms with Crippen molar-refractivity contribution in [3.63, 3.8) is 0 Å². The van der Waals surface area contributed by atoms with Gasteiger partial charge in [0, 0.05) is 12.5 Å². The fraction of sp³-hybridized carbons (Fsp3) is 0.800. The zero-order valence-corrected chi connectivity index (χ0v) is 7.92. The Bertz CT molecular complexity index is 202. The van der Waals surface area contributed by atoms with Crippen LogP contribution in [0.3, 0.4) is 0 Å². The first-order valence-electron chi connectivity index (χ1n) is 4.70. The molecule has 0 radical (unpaired) electrons. The van der Waals surface area contributed by atoms with Gasteiger partial charge in [0.15, 0.2) is 0 Å². The molecule has 0 aromatic heterocycles. The van der Waals surface area contributed by atoms with Crippen molar-refractivity contribution < 1.29 is 4.74 Å². The molecule has 0 saturated carbocycles. The predicted octanol–water partition coefficient (Wildman–Crippen LogP) is 1.28. The Balaban J connectivity index is 2.22. The zero-order valence-electron chi connectivity index (χ0n) is 7.92. The molecule has 1 saturated heterocycles. The van der Waals surface area contributed by atoms with Crippen LogP contribution in [-0.4, -0.2) is 37.2 Å². The van der Waals surface area contributed by atoms with E-state index in [9.17, 15) is 0 Å². The molecule has 0 bridgehead atoms. The van der Waals surface area contributed by atoms with Crippen molar-refractivity contribution in [3.8, 4) is 0 Å². The number of likely N-dealkylation sites (N-methyl/N-ethyl adjacent to an activating group) is 1. The lowest BCUT2D eigenvalue weighted by Gasteiger charge is -2.42. The van der Waals surface area contributed by atoms with E-state index in [4.69, 9.17) is 4.74 Å². The third kappa shape index (κ3) is 1.02.